The molecule has 4 heteroatoms. The molecule has 0 aromatic heterocycles. The van der Waals surface area contributed by atoms with Crippen LogP contribution >= 0.6 is 15.9 Å². The third-order valence-corrected chi connectivity index (χ3v) is 2.75. The second kappa shape index (κ2) is 6.45. The predicted octanol–water partition coefficient (Wildman–Crippen LogP) is 3.29. The number of ether oxygens (including phenoxy) is 1. The van der Waals surface area contributed by atoms with E-state index in [0.29, 0.717) is 18.7 Å². The first-order chi connectivity index (χ1) is 8.04. The Labute approximate surface area is 110 Å². The van der Waals surface area contributed by atoms with Crippen molar-refractivity contribution in [2.24, 2.45) is 0 Å². The number of esters is 1. The first kappa shape index (κ1) is 13.8. The summed E-state index contributed by atoms with van der Waals surface area (Å²) in [5.74, 6) is -0.354. The Balaban J connectivity index is 2.58. The highest BCUT2D eigenvalue weighted by Gasteiger charge is 2.07. The molecule has 3 nitrogen and oxygen atoms in total. The van der Waals surface area contributed by atoms with Crippen LogP contribution in [0.2, 0.25) is 0 Å². The second-order valence-electron chi connectivity index (χ2n) is 3.64. The summed E-state index contributed by atoms with van der Waals surface area (Å²) in [7, 11) is 0. The lowest BCUT2D eigenvalue weighted by molar-refractivity contribution is -0.138. The minimum absolute atomic E-state index is 0.354. The Morgan fingerprint density at radius 1 is 1.53 bits per heavy atom. The van der Waals surface area contributed by atoms with Gasteiger partial charge in [-0.15, -0.1) is 0 Å². The number of halogens is 1. The Morgan fingerprint density at radius 2 is 2.24 bits per heavy atom. The fourth-order valence-electron chi connectivity index (χ4n) is 1.29. The highest BCUT2D eigenvalue weighted by atomic mass is 79.9. The van der Waals surface area contributed by atoms with E-state index >= 15 is 0 Å². The molecule has 1 rings (SSSR count). The van der Waals surface area contributed by atoms with Crippen LogP contribution in [0.15, 0.2) is 34.8 Å². The van der Waals surface area contributed by atoms with Crippen molar-refractivity contribution in [2.75, 3.05) is 18.5 Å². The molecule has 0 aliphatic heterocycles. The fourth-order valence-corrected chi connectivity index (χ4v) is 1.65. The molecule has 0 saturated carbocycles. The number of aryl methyl sites for hydroxylation is 1. The summed E-state index contributed by atoms with van der Waals surface area (Å²) in [4.78, 5) is 11.3. The van der Waals surface area contributed by atoms with Crippen LogP contribution in [-0.2, 0) is 9.53 Å². The van der Waals surface area contributed by atoms with Crippen LogP contribution in [0.1, 0.15) is 12.5 Å². The fraction of sp³-hybridized carbons (Fsp3) is 0.308. The first-order valence-electron chi connectivity index (χ1n) is 5.39. The van der Waals surface area contributed by atoms with Crippen LogP contribution in [0.25, 0.3) is 0 Å². The van der Waals surface area contributed by atoms with Gasteiger partial charge in [0.05, 0.1) is 6.61 Å². The molecule has 0 aliphatic rings. The average molecular weight is 298 g/mol. The van der Waals surface area contributed by atoms with Crippen molar-refractivity contribution in [3.63, 3.8) is 0 Å². The van der Waals surface area contributed by atoms with E-state index in [1.54, 1.807) is 6.92 Å². The molecule has 0 spiro atoms. The van der Waals surface area contributed by atoms with Crippen LogP contribution < -0.4 is 5.32 Å². The van der Waals surface area contributed by atoms with Crippen molar-refractivity contribution in [1.82, 2.24) is 0 Å². The van der Waals surface area contributed by atoms with E-state index in [9.17, 15) is 4.79 Å². The molecule has 17 heavy (non-hydrogen) atoms. The third kappa shape index (κ3) is 4.23. The number of hydrogen-bond acceptors (Lipinski definition) is 3. The van der Waals surface area contributed by atoms with Crippen molar-refractivity contribution in [3.8, 4) is 0 Å². The molecule has 92 valence electrons. The second-order valence-corrected chi connectivity index (χ2v) is 4.55. The summed E-state index contributed by atoms with van der Waals surface area (Å²) in [6.07, 6.45) is 0. The van der Waals surface area contributed by atoms with Crippen molar-refractivity contribution in [3.05, 3.63) is 40.4 Å². The van der Waals surface area contributed by atoms with E-state index in [4.69, 9.17) is 4.74 Å². The van der Waals surface area contributed by atoms with Crippen LogP contribution in [0.5, 0.6) is 0 Å². The standard InChI is InChI=1S/C13H16BrNO2/c1-4-17-13(16)10(3)8-15-12-7-11(14)6-5-9(12)2/h5-7,15H,3-4,8H2,1-2H3. The number of hydrogen-bond donors (Lipinski definition) is 1. The molecule has 0 bridgehead atoms. The van der Waals surface area contributed by atoms with Gasteiger partial charge in [-0.05, 0) is 31.5 Å². The van der Waals surface area contributed by atoms with Gasteiger partial charge in [0.2, 0.25) is 0 Å². The van der Waals surface area contributed by atoms with Gasteiger partial charge in [0.15, 0.2) is 0 Å². The third-order valence-electron chi connectivity index (χ3n) is 2.26. The van der Waals surface area contributed by atoms with Gasteiger partial charge in [-0.2, -0.15) is 0 Å². The maximum absolute atomic E-state index is 11.3. The maximum Gasteiger partial charge on any atom is 0.335 e. The molecule has 0 fully saturated rings. The molecule has 0 atom stereocenters. The van der Waals surface area contributed by atoms with Crippen LogP contribution in [0.3, 0.4) is 0 Å². The van der Waals surface area contributed by atoms with E-state index < -0.39 is 0 Å². The van der Waals surface area contributed by atoms with Crippen molar-refractivity contribution in [2.45, 2.75) is 13.8 Å². The van der Waals surface area contributed by atoms with Gasteiger partial charge in [-0.25, -0.2) is 4.79 Å². The Hall–Kier alpha value is -1.29. The number of benzene rings is 1. The minimum atomic E-state index is -0.354. The van der Waals surface area contributed by atoms with Gasteiger partial charge in [0.1, 0.15) is 0 Å². The molecule has 0 radical (unpaired) electrons. The van der Waals surface area contributed by atoms with Crippen molar-refractivity contribution >= 4 is 27.6 Å². The Morgan fingerprint density at radius 3 is 2.88 bits per heavy atom. The molecule has 1 aromatic rings. The summed E-state index contributed by atoms with van der Waals surface area (Å²) in [6, 6.07) is 5.94. The van der Waals surface area contributed by atoms with Gasteiger partial charge in [0, 0.05) is 22.3 Å². The summed E-state index contributed by atoms with van der Waals surface area (Å²) in [5, 5.41) is 3.16. The van der Waals surface area contributed by atoms with Gasteiger partial charge in [-0.1, -0.05) is 28.6 Å². The smallest absolute Gasteiger partial charge is 0.335 e. The number of carbonyl (C=O) groups is 1. The largest absolute Gasteiger partial charge is 0.463 e. The molecule has 0 unspecified atom stereocenters. The van der Waals surface area contributed by atoms with Gasteiger partial charge in [0.25, 0.3) is 0 Å². The molecule has 1 aromatic carbocycles. The average Bonchev–Trinajstić information content (AvgIpc) is 2.30. The van der Waals surface area contributed by atoms with E-state index in [1.165, 1.54) is 0 Å². The van der Waals surface area contributed by atoms with Crippen LogP contribution in [-0.4, -0.2) is 19.1 Å². The zero-order chi connectivity index (χ0) is 12.8. The molecule has 1 N–H and O–H groups in total. The molecule has 0 saturated heterocycles. The molecular formula is C13H16BrNO2. The number of rotatable bonds is 5. The van der Waals surface area contributed by atoms with E-state index in [-0.39, 0.29) is 5.97 Å². The summed E-state index contributed by atoms with van der Waals surface area (Å²) in [6.45, 7) is 8.22. The zero-order valence-corrected chi connectivity index (χ0v) is 11.6. The monoisotopic (exact) mass is 297 g/mol. The number of anilines is 1. The van der Waals surface area contributed by atoms with E-state index in [2.05, 4.69) is 27.8 Å². The summed E-state index contributed by atoms with van der Waals surface area (Å²) < 4.78 is 5.85. The predicted molar refractivity (Wildman–Crippen MR) is 73.1 cm³/mol. The van der Waals surface area contributed by atoms with E-state index in [1.807, 2.05) is 25.1 Å². The minimum Gasteiger partial charge on any atom is -0.463 e. The number of nitrogens with one attached hydrogen (secondary N) is 1. The summed E-state index contributed by atoms with van der Waals surface area (Å²) >= 11 is 3.40. The first-order valence-corrected chi connectivity index (χ1v) is 6.18. The lowest BCUT2D eigenvalue weighted by Gasteiger charge is -2.11. The van der Waals surface area contributed by atoms with Gasteiger partial charge in [-0.3, -0.25) is 0 Å². The molecule has 0 amide bonds. The van der Waals surface area contributed by atoms with Gasteiger partial charge >= 0.3 is 5.97 Å². The van der Waals surface area contributed by atoms with Crippen molar-refractivity contribution < 1.29 is 9.53 Å². The maximum atomic E-state index is 11.3. The van der Waals surface area contributed by atoms with Crippen molar-refractivity contribution in [1.29, 1.82) is 0 Å². The Bertz CT molecular complexity index is 429. The summed E-state index contributed by atoms with van der Waals surface area (Å²) in [5.41, 5.74) is 2.51. The zero-order valence-electron chi connectivity index (χ0n) is 10.0. The molecular weight excluding hydrogens is 282 g/mol. The van der Waals surface area contributed by atoms with Gasteiger partial charge < -0.3 is 10.1 Å². The highest BCUT2D eigenvalue weighted by molar-refractivity contribution is 9.10. The molecule has 0 aliphatic carbocycles. The lowest BCUT2D eigenvalue weighted by Crippen LogP contribution is -2.15. The lowest BCUT2D eigenvalue weighted by atomic mass is 10.2. The van der Waals surface area contributed by atoms with Crippen LogP contribution in [0, 0.1) is 6.92 Å². The Kier molecular flexibility index (Phi) is 5.22. The topological polar surface area (TPSA) is 38.3 Å². The quantitative estimate of drug-likeness (QED) is 0.669. The van der Waals surface area contributed by atoms with E-state index in [0.717, 1.165) is 15.7 Å². The SMILES string of the molecule is C=C(CNc1cc(Br)ccc1C)C(=O)OCC. The normalized spacial score (nSPS) is 9.82. The highest BCUT2D eigenvalue weighted by Crippen LogP contribution is 2.20. The number of carbonyl (C=O) groups excluding carboxylic acids is 1. The van der Waals surface area contributed by atoms with Crippen LogP contribution in [0.4, 0.5) is 5.69 Å². The molecule has 0 heterocycles.